The number of nitrogens with one attached hydrogen (secondary N) is 2. The number of hydrogen-bond acceptors (Lipinski definition) is 4. The molecule has 7 heteroatoms. The highest BCUT2D eigenvalue weighted by Crippen LogP contribution is 2.19. The quantitative estimate of drug-likeness (QED) is 0.685. The molecule has 1 aliphatic rings. The first-order chi connectivity index (χ1) is 11.6. The Labute approximate surface area is 167 Å². The monoisotopic (exact) mass is 396 g/mol. The molecule has 0 atom stereocenters. The van der Waals surface area contributed by atoms with Crippen LogP contribution in [0.3, 0.4) is 0 Å². The van der Waals surface area contributed by atoms with Crippen LogP contribution in [0.15, 0.2) is 48.5 Å². The minimum Gasteiger partial charge on any atom is -0.397 e. The van der Waals surface area contributed by atoms with E-state index in [1.807, 2.05) is 36.4 Å². The zero-order chi connectivity index (χ0) is 16.9. The summed E-state index contributed by atoms with van der Waals surface area (Å²) in [6.45, 7) is 2.24. The standard InChI is InChI=1S/C19H24N4O.2ClH/c1-23-12-10-16(11-13-23)21-15-8-6-14(7-9-15)19(24)22-18-5-3-2-4-17(18)20;;/h2-9,16,21H,10-13,20H2,1H3,(H,22,24);2*1H. The number of carbonyl (C=O) groups excluding carboxylic acids is 1. The van der Waals surface area contributed by atoms with Gasteiger partial charge in [-0.25, -0.2) is 0 Å². The lowest BCUT2D eigenvalue weighted by molar-refractivity contribution is 0.102. The molecule has 0 aromatic heterocycles. The molecule has 5 nitrogen and oxygen atoms in total. The molecule has 2 aromatic rings. The van der Waals surface area contributed by atoms with Crippen LogP contribution in [0.1, 0.15) is 23.2 Å². The van der Waals surface area contributed by atoms with E-state index in [9.17, 15) is 4.79 Å². The van der Waals surface area contributed by atoms with Gasteiger partial charge in [0.15, 0.2) is 0 Å². The fraction of sp³-hybridized carbons (Fsp3) is 0.316. The van der Waals surface area contributed by atoms with Crippen molar-refractivity contribution in [3.8, 4) is 0 Å². The van der Waals surface area contributed by atoms with Crippen molar-refractivity contribution in [2.24, 2.45) is 0 Å². The minimum absolute atomic E-state index is 0. The van der Waals surface area contributed by atoms with E-state index < -0.39 is 0 Å². The van der Waals surface area contributed by atoms with E-state index in [2.05, 4.69) is 22.6 Å². The Bertz CT molecular complexity index is 701. The summed E-state index contributed by atoms with van der Waals surface area (Å²) in [6.07, 6.45) is 2.29. The number of amides is 1. The third kappa shape index (κ3) is 5.80. The Morgan fingerprint density at radius 2 is 1.65 bits per heavy atom. The molecule has 0 unspecified atom stereocenters. The summed E-state index contributed by atoms with van der Waals surface area (Å²) in [7, 11) is 2.16. The number of nitrogen functional groups attached to an aromatic ring is 1. The summed E-state index contributed by atoms with van der Waals surface area (Å²) in [5.74, 6) is -0.154. The van der Waals surface area contributed by atoms with Gasteiger partial charge in [0.1, 0.15) is 0 Å². The number of hydrogen-bond donors (Lipinski definition) is 3. The maximum absolute atomic E-state index is 12.3. The van der Waals surface area contributed by atoms with Gasteiger partial charge in [-0.3, -0.25) is 4.79 Å². The predicted octanol–water partition coefficient (Wildman–Crippen LogP) is 3.87. The smallest absolute Gasteiger partial charge is 0.255 e. The second-order valence-corrected chi connectivity index (χ2v) is 6.34. The minimum atomic E-state index is -0.154. The molecular formula is C19H26Cl2N4O. The van der Waals surface area contributed by atoms with Crippen molar-refractivity contribution in [2.45, 2.75) is 18.9 Å². The molecule has 0 saturated carbocycles. The van der Waals surface area contributed by atoms with Crippen LogP contribution in [0.25, 0.3) is 0 Å². The molecule has 142 valence electrons. The zero-order valence-corrected chi connectivity index (χ0v) is 16.4. The fourth-order valence-corrected chi connectivity index (χ4v) is 2.91. The number of para-hydroxylation sites is 2. The maximum atomic E-state index is 12.3. The number of halogens is 2. The molecule has 1 saturated heterocycles. The molecule has 0 spiro atoms. The molecule has 1 fully saturated rings. The van der Waals surface area contributed by atoms with E-state index in [1.54, 1.807) is 12.1 Å². The van der Waals surface area contributed by atoms with Gasteiger partial charge in [0.05, 0.1) is 11.4 Å². The molecule has 1 amide bonds. The van der Waals surface area contributed by atoms with Crippen molar-refractivity contribution in [2.75, 3.05) is 36.5 Å². The molecule has 0 bridgehead atoms. The van der Waals surface area contributed by atoms with Crippen LogP contribution in [0, 0.1) is 0 Å². The van der Waals surface area contributed by atoms with Crippen molar-refractivity contribution >= 4 is 47.8 Å². The fourth-order valence-electron chi connectivity index (χ4n) is 2.91. The number of carbonyl (C=O) groups is 1. The van der Waals surface area contributed by atoms with Crippen LogP contribution in [-0.2, 0) is 0 Å². The normalized spacial score (nSPS) is 14.7. The first kappa shape index (κ1) is 22.1. The molecule has 4 N–H and O–H groups in total. The lowest BCUT2D eigenvalue weighted by atomic mass is 10.0. The number of nitrogens with two attached hydrogens (primary N) is 1. The van der Waals surface area contributed by atoms with E-state index in [0.717, 1.165) is 31.6 Å². The molecule has 1 aliphatic heterocycles. The van der Waals surface area contributed by atoms with Gasteiger partial charge in [0.2, 0.25) is 0 Å². The van der Waals surface area contributed by atoms with Crippen LogP contribution < -0.4 is 16.4 Å². The van der Waals surface area contributed by atoms with Crippen LogP contribution in [0.5, 0.6) is 0 Å². The summed E-state index contributed by atoms with van der Waals surface area (Å²) in [5.41, 5.74) is 8.73. The van der Waals surface area contributed by atoms with Crippen molar-refractivity contribution in [1.82, 2.24) is 4.90 Å². The van der Waals surface area contributed by atoms with E-state index in [0.29, 0.717) is 23.0 Å². The molecule has 0 aliphatic carbocycles. The Kier molecular flexibility index (Phi) is 8.72. The largest absolute Gasteiger partial charge is 0.397 e. The molecule has 0 radical (unpaired) electrons. The Morgan fingerprint density at radius 3 is 2.27 bits per heavy atom. The van der Waals surface area contributed by atoms with Gasteiger partial charge in [-0.2, -0.15) is 0 Å². The SMILES string of the molecule is CN1CCC(Nc2ccc(C(=O)Nc3ccccc3N)cc2)CC1.Cl.Cl. The van der Waals surface area contributed by atoms with Crippen LogP contribution >= 0.6 is 24.8 Å². The van der Waals surface area contributed by atoms with Gasteiger partial charge in [-0.05, 0) is 69.4 Å². The van der Waals surface area contributed by atoms with Gasteiger partial charge in [0, 0.05) is 17.3 Å². The van der Waals surface area contributed by atoms with Gasteiger partial charge < -0.3 is 21.3 Å². The Morgan fingerprint density at radius 1 is 1.04 bits per heavy atom. The van der Waals surface area contributed by atoms with Crippen molar-refractivity contribution in [1.29, 1.82) is 0 Å². The summed E-state index contributed by atoms with van der Waals surface area (Å²) in [5, 5.41) is 6.39. The average Bonchev–Trinajstić information content (AvgIpc) is 2.59. The summed E-state index contributed by atoms with van der Waals surface area (Å²) in [4.78, 5) is 14.7. The molecule has 2 aromatic carbocycles. The lowest BCUT2D eigenvalue weighted by Gasteiger charge is -2.30. The zero-order valence-electron chi connectivity index (χ0n) is 14.8. The van der Waals surface area contributed by atoms with Gasteiger partial charge in [0.25, 0.3) is 5.91 Å². The second-order valence-electron chi connectivity index (χ2n) is 6.34. The topological polar surface area (TPSA) is 70.4 Å². The molecule has 26 heavy (non-hydrogen) atoms. The average molecular weight is 397 g/mol. The van der Waals surface area contributed by atoms with E-state index in [4.69, 9.17) is 5.73 Å². The van der Waals surface area contributed by atoms with Gasteiger partial charge >= 0.3 is 0 Å². The Hall–Kier alpha value is -1.95. The van der Waals surface area contributed by atoms with Crippen molar-refractivity contribution < 1.29 is 4.79 Å². The second kappa shape index (κ2) is 10.3. The highest BCUT2D eigenvalue weighted by molar-refractivity contribution is 6.05. The van der Waals surface area contributed by atoms with Crippen LogP contribution in [0.4, 0.5) is 17.1 Å². The van der Waals surface area contributed by atoms with E-state index >= 15 is 0 Å². The number of anilines is 3. The van der Waals surface area contributed by atoms with Gasteiger partial charge in [-0.1, -0.05) is 12.1 Å². The number of rotatable bonds is 4. The first-order valence-electron chi connectivity index (χ1n) is 8.33. The van der Waals surface area contributed by atoms with Crippen molar-refractivity contribution in [3.05, 3.63) is 54.1 Å². The van der Waals surface area contributed by atoms with E-state index in [1.165, 1.54) is 0 Å². The molecular weight excluding hydrogens is 371 g/mol. The first-order valence-corrected chi connectivity index (χ1v) is 8.33. The predicted molar refractivity (Wildman–Crippen MR) is 114 cm³/mol. The van der Waals surface area contributed by atoms with Crippen LogP contribution in [0.2, 0.25) is 0 Å². The summed E-state index contributed by atoms with van der Waals surface area (Å²) < 4.78 is 0. The number of piperidine rings is 1. The lowest BCUT2D eigenvalue weighted by Crippen LogP contribution is -2.36. The highest BCUT2D eigenvalue weighted by Gasteiger charge is 2.16. The number of benzene rings is 2. The Balaban J connectivity index is 0.00000169. The van der Waals surface area contributed by atoms with Gasteiger partial charge in [-0.15, -0.1) is 24.8 Å². The third-order valence-corrected chi connectivity index (χ3v) is 4.45. The molecule has 3 rings (SSSR count). The third-order valence-electron chi connectivity index (χ3n) is 4.45. The van der Waals surface area contributed by atoms with E-state index in [-0.39, 0.29) is 30.7 Å². The highest BCUT2D eigenvalue weighted by atomic mass is 35.5. The molecule has 1 heterocycles. The van der Waals surface area contributed by atoms with Crippen molar-refractivity contribution in [3.63, 3.8) is 0 Å². The summed E-state index contributed by atoms with van der Waals surface area (Å²) >= 11 is 0. The number of nitrogens with zero attached hydrogens (tertiary/aromatic N) is 1. The maximum Gasteiger partial charge on any atom is 0.255 e. The summed E-state index contributed by atoms with van der Waals surface area (Å²) in [6, 6.07) is 15.4. The van der Waals surface area contributed by atoms with Crippen LogP contribution in [-0.4, -0.2) is 37.0 Å². The number of likely N-dealkylation sites (tertiary alicyclic amines) is 1.